The van der Waals surface area contributed by atoms with Gasteiger partial charge in [0.25, 0.3) is 0 Å². The molecule has 0 bridgehead atoms. The molecule has 0 aliphatic carbocycles. The lowest BCUT2D eigenvalue weighted by atomic mass is 9.99. The van der Waals surface area contributed by atoms with Gasteiger partial charge in [-0.1, -0.05) is 24.3 Å². The van der Waals surface area contributed by atoms with Gasteiger partial charge in [0.2, 0.25) is 5.91 Å². The van der Waals surface area contributed by atoms with Crippen molar-refractivity contribution >= 4 is 17.5 Å². The molecule has 0 aromatic heterocycles. The molecule has 1 amide bonds. The van der Waals surface area contributed by atoms with Crippen molar-refractivity contribution in [2.75, 3.05) is 19.5 Å². The van der Waals surface area contributed by atoms with Crippen LogP contribution in [-0.2, 0) is 22.6 Å². The summed E-state index contributed by atoms with van der Waals surface area (Å²) >= 11 is 5.60. The van der Waals surface area contributed by atoms with Gasteiger partial charge in [-0.05, 0) is 17.5 Å². The lowest BCUT2D eigenvalue weighted by molar-refractivity contribution is -0.132. The Kier molecular flexibility index (Phi) is 5.23. The predicted molar refractivity (Wildman–Crippen MR) is 76.3 cm³/mol. The van der Waals surface area contributed by atoms with Gasteiger partial charge >= 0.3 is 0 Å². The van der Waals surface area contributed by atoms with Crippen LogP contribution in [-0.4, -0.2) is 36.4 Å². The third-order valence-electron chi connectivity index (χ3n) is 3.47. The molecule has 3 nitrogen and oxygen atoms in total. The highest BCUT2D eigenvalue weighted by atomic mass is 35.5. The van der Waals surface area contributed by atoms with E-state index >= 15 is 0 Å². The van der Waals surface area contributed by atoms with E-state index < -0.39 is 0 Å². The molecule has 0 saturated carbocycles. The average molecular weight is 282 g/mol. The number of carbonyl (C=O) groups excluding carboxylic acids is 1. The van der Waals surface area contributed by atoms with E-state index in [9.17, 15) is 4.79 Å². The van der Waals surface area contributed by atoms with E-state index in [-0.39, 0.29) is 12.0 Å². The van der Waals surface area contributed by atoms with Crippen LogP contribution in [0.15, 0.2) is 24.3 Å². The molecule has 19 heavy (non-hydrogen) atoms. The van der Waals surface area contributed by atoms with E-state index in [0.717, 1.165) is 12.8 Å². The third kappa shape index (κ3) is 3.95. The summed E-state index contributed by atoms with van der Waals surface area (Å²) in [5, 5.41) is 0. The summed E-state index contributed by atoms with van der Waals surface area (Å²) in [5.41, 5.74) is 2.59. The Balaban J connectivity index is 1.86. The molecule has 0 radical (unpaired) electrons. The monoisotopic (exact) mass is 281 g/mol. The molecule has 0 N–H and O–H groups in total. The number of likely N-dealkylation sites (N-methyl/N-ethyl adjacent to an activating group) is 1. The first-order valence-corrected chi connectivity index (χ1v) is 7.22. The first-order valence-electron chi connectivity index (χ1n) is 6.69. The Labute approximate surface area is 119 Å². The van der Waals surface area contributed by atoms with Crippen LogP contribution in [0.5, 0.6) is 0 Å². The van der Waals surface area contributed by atoms with Crippen molar-refractivity contribution < 1.29 is 9.53 Å². The smallest absolute Gasteiger partial charge is 0.222 e. The van der Waals surface area contributed by atoms with Crippen molar-refractivity contribution in [2.24, 2.45) is 0 Å². The van der Waals surface area contributed by atoms with E-state index in [1.54, 1.807) is 4.90 Å². The topological polar surface area (TPSA) is 29.5 Å². The Bertz CT molecular complexity index is 436. The second-order valence-corrected chi connectivity index (χ2v) is 5.35. The summed E-state index contributed by atoms with van der Waals surface area (Å²) in [6.45, 7) is 1.29. The van der Waals surface area contributed by atoms with Crippen LogP contribution in [0.2, 0.25) is 0 Å². The number of fused-ring (bicyclic) bond motifs is 1. The summed E-state index contributed by atoms with van der Waals surface area (Å²) in [6.07, 6.45) is 2.23. The van der Waals surface area contributed by atoms with Crippen LogP contribution in [0.25, 0.3) is 0 Å². The van der Waals surface area contributed by atoms with Gasteiger partial charge in [-0.15, -0.1) is 11.6 Å². The van der Waals surface area contributed by atoms with Crippen molar-refractivity contribution in [3.63, 3.8) is 0 Å². The molecule has 1 aliphatic rings. The number of ether oxygens (including phenoxy) is 1. The van der Waals surface area contributed by atoms with Crippen molar-refractivity contribution in [2.45, 2.75) is 32.0 Å². The zero-order valence-corrected chi connectivity index (χ0v) is 12.0. The fraction of sp³-hybridized carbons (Fsp3) is 0.533. The van der Waals surface area contributed by atoms with E-state index in [1.165, 1.54) is 11.1 Å². The minimum Gasteiger partial charge on any atom is -0.371 e. The largest absolute Gasteiger partial charge is 0.371 e. The van der Waals surface area contributed by atoms with Gasteiger partial charge in [-0.3, -0.25) is 4.79 Å². The lowest BCUT2D eigenvalue weighted by Gasteiger charge is -2.29. The third-order valence-corrected chi connectivity index (χ3v) is 3.74. The standard InChI is InChI=1S/C15H20ClNO2/c1-17(15(18)7-4-8-16)10-14-9-12-5-2-3-6-13(12)11-19-14/h2-3,5-6,14H,4,7-11H2,1H3. The number of nitrogens with zero attached hydrogens (tertiary/aromatic N) is 1. The van der Waals surface area contributed by atoms with E-state index in [4.69, 9.17) is 16.3 Å². The minimum absolute atomic E-state index is 0.0971. The minimum atomic E-state index is 0.0971. The van der Waals surface area contributed by atoms with Crippen molar-refractivity contribution in [1.29, 1.82) is 0 Å². The molecule has 0 fully saturated rings. The highest BCUT2D eigenvalue weighted by molar-refractivity contribution is 6.17. The summed E-state index contributed by atoms with van der Waals surface area (Å²) in [5.74, 6) is 0.676. The number of hydrogen-bond donors (Lipinski definition) is 0. The van der Waals surface area contributed by atoms with E-state index in [2.05, 4.69) is 18.2 Å². The van der Waals surface area contributed by atoms with Gasteiger partial charge in [0.05, 0.1) is 12.7 Å². The summed E-state index contributed by atoms with van der Waals surface area (Å²) < 4.78 is 5.81. The Morgan fingerprint density at radius 2 is 2.16 bits per heavy atom. The fourth-order valence-corrected chi connectivity index (χ4v) is 2.48. The number of carbonyl (C=O) groups is 1. The van der Waals surface area contributed by atoms with Gasteiger partial charge in [-0.2, -0.15) is 0 Å². The second kappa shape index (κ2) is 6.92. The quantitative estimate of drug-likeness (QED) is 0.777. The Morgan fingerprint density at radius 1 is 1.42 bits per heavy atom. The highest BCUT2D eigenvalue weighted by Gasteiger charge is 2.21. The molecular formula is C15H20ClNO2. The molecule has 104 valence electrons. The van der Waals surface area contributed by atoms with Crippen molar-refractivity contribution in [3.8, 4) is 0 Å². The summed E-state index contributed by atoms with van der Waals surface area (Å²) in [7, 11) is 1.83. The first kappa shape index (κ1) is 14.4. The molecule has 1 heterocycles. The van der Waals surface area contributed by atoms with Crippen molar-refractivity contribution in [1.82, 2.24) is 4.90 Å². The molecule has 4 heteroatoms. The predicted octanol–water partition coefficient (Wildman–Crippen LogP) is 2.61. The fourth-order valence-electron chi connectivity index (χ4n) is 2.34. The number of benzene rings is 1. The average Bonchev–Trinajstić information content (AvgIpc) is 2.44. The van der Waals surface area contributed by atoms with Gasteiger partial charge in [-0.25, -0.2) is 0 Å². The molecule has 0 spiro atoms. The molecule has 1 aliphatic heterocycles. The van der Waals surface area contributed by atoms with E-state index in [0.29, 0.717) is 25.5 Å². The summed E-state index contributed by atoms with van der Waals surface area (Å²) in [6, 6.07) is 8.32. The van der Waals surface area contributed by atoms with Gasteiger partial charge in [0.15, 0.2) is 0 Å². The first-order chi connectivity index (χ1) is 9.20. The van der Waals surface area contributed by atoms with E-state index in [1.807, 2.05) is 13.1 Å². The van der Waals surface area contributed by atoms with Crippen molar-refractivity contribution in [3.05, 3.63) is 35.4 Å². The Hall–Kier alpha value is -1.06. The van der Waals surface area contributed by atoms with Crippen LogP contribution in [0.3, 0.4) is 0 Å². The maximum absolute atomic E-state index is 11.8. The van der Waals surface area contributed by atoms with Crippen LogP contribution < -0.4 is 0 Å². The van der Waals surface area contributed by atoms with Crippen LogP contribution >= 0.6 is 11.6 Å². The summed E-state index contributed by atoms with van der Waals surface area (Å²) in [4.78, 5) is 13.6. The number of alkyl halides is 1. The van der Waals surface area contributed by atoms with Crippen LogP contribution in [0.4, 0.5) is 0 Å². The highest BCUT2D eigenvalue weighted by Crippen LogP contribution is 2.20. The number of rotatable bonds is 5. The Morgan fingerprint density at radius 3 is 2.89 bits per heavy atom. The number of halogens is 1. The van der Waals surface area contributed by atoms with Crippen LogP contribution in [0, 0.1) is 0 Å². The molecule has 1 atom stereocenters. The van der Waals surface area contributed by atoms with Crippen LogP contribution in [0.1, 0.15) is 24.0 Å². The normalized spacial score (nSPS) is 17.9. The molecule has 1 aromatic rings. The molecular weight excluding hydrogens is 262 g/mol. The van der Waals surface area contributed by atoms with Gasteiger partial charge in [0.1, 0.15) is 0 Å². The SMILES string of the molecule is CN(CC1Cc2ccccc2CO1)C(=O)CCCCl. The molecule has 2 rings (SSSR count). The number of hydrogen-bond acceptors (Lipinski definition) is 2. The van der Waals surface area contributed by atoms with Gasteiger partial charge in [0, 0.05) is 32.3 Å². The maximum Gasteiger partial charge on any atom is 0.222 e. The zero-order valence-electron chi connectivity index (χ0n) is 11.3. The molecule has 0 saturated heterocycles. The number of amides is 1. The molecule has 1 aromatic carbocycles. The molecule has 1 unspecified atom stereocenters. The van der Waals surface area contributed by atoms with Gasteiger partial charge < -0.3 is 9.64 Å². The zero-order chi connectivity index (χ0) is 13.7. The second-order valence-electron chi connectivity index (χ2n) is 4.97. The maximum atomic E-state index is 11.8. The lowest BCUT2D eigenvalue weighted by Crippen LogP contribution is -2.38.